The second kappa shape index (κ2) is 3.94. The fraction of sp³-hybridized carbons (Fsp3) is 0.444. The molecule has 2 heterocycles. The molecule has 1 aromatic heterocycles. The van der Waals surface area contributed by atoms with E-state index in [1.807, 2.05) is 0 Å². The third-order valence-corrected chi connectivity index (χ3v) is 5.33. The molecule has 0 bridgehead atoms. The van der Waals surface area contributed by atoms with E-state index in [0.717, 1.165) is 22.6 Å². The molecule has 0 spiro atoms. The van der Waals surface area contributed by atoms with E-state index in [1.165, 1.54) is 18.4 Å². The van der Waals surface area contributed by atoms with Crippen molar-refractivity contribution in [1.29, 1.82) is 0 Å². The van der Waals surface area contributed by atoms with Gasteiger partial charge in [-0.05, 0) is 18.4 Å². The molecule has 0 aliphatic carbocycles. The Labute approximate surface area is 93.9 Å². The van der Waals surface area contributed by atoms with Crippen LogP contribution in [0, 0.1) is 0 Å². The number of hydrogen-bond donors (Lipinski definition) is 1. The Bertz CT molecular complexity index is 439. The number of fused-ring (bicyclic) bond motifs is 1. The van der Waals surface area contributed by atoms with Gasteiger partial charge in [0.1, 0.15) is 5.00 Å². The number of hydrogen-bond acceptors (Lipinski definition) is 5. The maximum absolute atomic E-state index is 11.7. The Kier molecular flexibility index (Phi) is 2.79. The van der Waals surface area contributed by atoms with Crippen molar-refractivity contribution in [3.8, 4) is 0 Å². The fourth-order valence-corrected chi connectivity index (χ4v) is 4.47. The highest BCUT2D eigenvalue weighted by molar-refractivity contribution is 7.87. The largest absolute Gasteiger partial charge is 0.465 e. The molecule has 1 aromatic rings. The maximum Gasteiger partial charge on any atom is 0.341 e. The number of ether oxygens (including phenoxy) is 1. The number of rotatable bonds is 1. The monoisotopic (exact) mass is 245 g/mol. The summed E-state index contributed by atoms with van der Waals surface area (Å²) in [7, 11) is 0.333. The molecule has 6 heteroatoms. The van der Waals surface area contributed by atoms with E-state index >= 15 is 0 Å². The second-order valence-electron chi connectivity index (χ2n) is 3.25. The first kappa shape index (κ1) is 10.6. The van der Waals surface area contributed by atoms with Gasteiger partial charge in [0.25, 0.3) is 0 Å². The van der Waals surface area contributed by atoms with E-state index in [9.17, 15) is 9.00 Å². The Morgan fingerprint density at radius 1 is 1.60 bits per heavy atom. The minimum atomic E-state index is -0.992. The van der Waals surface area contributed by atoms with Gasteiger partial charge in [-0.1, -0.05) is 0 Å². The average molecular weight is 245 g/mol. The predicted molar refractivity (Wildman–Crippen MR) is 59.7 cm³/mol. The summed E-state index contributed by atoms with van der Waals surface area (Å²) < 4.78 is 17.1. The minimum absolute atomic E-state index is 0.419. The van der Waals surface area contributed by atoms with Crippen LogP contribution in [-0.2, 0) is 22.0 Å². The van der Waals surface area contributed by atoms with Crippen LogP contribution in [0.3, 0.4) is 0 Å². The lowest BCUT2D eigenvalue weighted by Gasteiger charge is -2.11. The number of esters is 1. The summed E-state index contributed by atoms with van der Waals surface area (Å²) >= 11 is 1.25. The van der Waals surface area contributed by atoms with Crippen molar-refractivity contribution in [2.75, 3.05) is 18.6 Å². The summed E-state index contributed by atoms with van der Waals surface area (Å²) in [6.45, 7) is 0. The van der Waals surface area contributed by atoms with Crippen molar-refractivity contribution in [3.63, 3.8) is 0 Å². The SMILES string of the molecule is COC(=O)c1c(N)sc2c1CCCS2=O. The van der Waals surface area contributed by atoms with Crippen molar-refractivity contribution < 1.29 is 13.7 Å². The summed E-state index contributed by atoms with van der Waals surface area (Å²) in [5, 5.41) is 0.419. The fourth-order valence-electron chi connectivity index (χ4n) is 1.67. The number of thiophene rings is 1. The second-order valence-corrected chi connectivity index (χ2v) is 6.07. The molecular formula is C9H11NO3S2. The van der Waals surface area contributed by atoms with Gasteiger partial charge in [0.15, 0.2) is 0 Å². The molecule has 1 unspecified atom stereocenters. The van der Waals surface area contributed by atoms with Crippen molar-refractivity contribution in [2.45, 2.75) is 17.1 Å². The van der Waals surface area contributed by atoms with E-state index in [1.54, 1.807) is 0 Å². The molecule has 2 N–H and O–H groups in total. The van der Waals surface area contributed by atoms with Crippen LogP contribution < -0.4 is 5.73 Å². The number of carbonyl (C=O) groups is 1. The number of anilines is 1. The lowest BCUT2D eigenvalue weighted by Crippen LogP contribution is -2.12. The molecule has 1 aliphatic heterocycles. The Morgan fingerprint density at radius 2 is 2.33 bits per heavy atom. The van der Waals surface area contributed by atoms with Crippen LogP contribution in [0.15, 0.2) is 4.21 Å². The predicted octanol–water partition coefficient (Wildman–Crippen LogP) is 1.17. The Hall–Kier alpha value is -0.880. The molecule has 0 saturated heterocycles. The topological polar surface area (TPSA) is 69.4 Å². The quantitative estimate of drug-likeness (QED) is 0.754. The number of nitrogens with two attached hydrogens (primary N) is 1. The van der Waals surface area contributed by atoms with Gasteiger partial charge in [-0.25, -0.2) is 4.79 Å². The molecule has 0 amide bonds. The third kappa shape index (κ3) is 1.68. The highest BCUT2D eigenvalue weighted by Gasteiger charge is 2.28. The van der Waals surface area contributed by atoms with Crippen LogP contribution in [0.25, 0.3) is 0 Å². The molecule has 1 atom stereocenters. The summed E-state index contributed by atoms with van der Waals surface area (Å²) in [6.07, 6.45) is 1.60. The molecule has 0 aromatic carbocycles. The molecule has 4 nitrogen and oxygen atoms in total. The van der Waals surface area contributed by atoms with E-state index in [-0.39, 0.29) is 0 Å². The van der Waals surface area contributed by atoms with Gasteiger partial charge in [0, 0.05) is 5.75 Å². The normalized spacial score (nSPS) is 19.7. The standard InChI is InChI=1S/C9H11NO3S2/c1-13-8(11)6-5-3-2-4-15(12)9(5)14-7(6)10/h2-4,10H2,1H3. The highest BCUT2D eigenvalue weighted by atomic mass is 32.2. The summed E-state index contributed by atoms with van der Waals surface area (Å²) in [4.78, 5) is 11.5. The number of carbonyl (C=O) groups excluding carboxylic acids is 1. The first-order valence-corrected chi connectivity index (χ1v) is 6.66. The van der Waals surface area contributed by atoms with E-state index in [4.69, 9.17) is 5.73 Å². The lowest BCUT2D eigenvalue weighted by atomic mass is 10.1. The molecule has 15 heavy (non-hydrogen) atoms. The van der Waals surface area contributed by atoms with Crippen LogP contribution in [0.5, 0.6) is 0 Å². The first-order chi connectivity index (χ1) is 7.15. The van der Waals surface area contributed by atoms with Gasteiger partial charge in [-0.15, -0.1) is 11.3 Å². The lowest BCUT2D eigenvalue weighted by molar-refractivity contribution is 0.0601. The summed E-state index contributed by atoms with van der Waals surface area (Å²) in [5.74, 6) is 0.233. The van der Waals surface area contributed by atoms with Crippen LogP contribution >= 0.6 is 11.3 Å². The van der Waals surface area contributed by atoms with Gasteiger partial charge < -0.3 is 10.5 Å². The summed E-state index contributed by atoms with van der Waals surface area (Å²) in [5.41, 5.74) is 6.99. The van der Waals surface area contributed by atoms with Gasteiger partial charge in [0.05, 0.1) is 27.7 Å². The van der Waals surface area contributed by atoms with Crippen LogP contribution in [0.1, 0.15) is 22.3 Å². The maximum atomic E-state index is 11.7. The third-order valence-electron chi connectivity index (χ3n) is 2.35. The smallest absolute Gasteiger partial charge is 0.341 e. The molecule has 82 valence electrons. The van der Waals surface area contributed by atoms with Gasteiger partial charge in [-0.3, -0.25) is 4.21 Å². The Balaban J connectivity index is 2.56. The number of methoxy groups -OCH3 is 1. The molecule has 0 radical (unpaired) electrons. The van der Waals surface area contributed by atoms with Gasteiger partial charge >= 0.3 is 5.97 Å². The van der Waals surface area contributed by atoms with Crippen LogP contribution in [0.2, 0.25) is 0 Å². The Morgan fingerprint density at radius 3 is 3.00 bits per heavy atom. The van der Waals surface area contributed by atoms with Crippen molar-refractivity contribution in [2.24, 2.45) is 0 Å². The van der Waals surface area contributed by atoms with Gasteiger partial charge in [0.2, 0.25) is 0 Å². The van der Waals surface area contributed by atoms with E-state index in [0.29, 0.717) is 16.3 Å². The zero-order valence-electron chi connectivity index (χ0n) is 8.24. The van der Waals surface area contributed by atoms with Crippen molar-refractivity contribution in [3.05, 3.63) is 11.1 Å². The number of nitrogen functional groups attached to an aromatic ring is 1. The first-order valence-electron chi connectivity index (χ1n) is 4.53. The van der Waals surface area contributed by atoms with E-state index < -0.39 is 16.8 Å². The highest BCUT2D eigenvalue weighted by Crippen LogP contribution is 2.37. The molecule has 0 saturated carbocycles. The molecular weight excluding hydrogens is 234 g/mol. The van der Waals surface area contributed by atoms with E-state index in [2.05, 4.69) is 4.74 Å². The zero-order chi connectivity index (χ0) is 11.0. The summed E-state index contributed by atoms with van der Waals surface area (Å²) in [6, 6.07) is 0. The average Bonchev–Trinajstić information content (AvgIpc) is 2.55. The van der Waals surface area contributed by atoms with Crippen molar-refractivity contribution in [1.82, 2.24) is 0 Å². The molecule has 0 fully saturated rings. The molecule has 2 rings (SSSR count). The van der Waals surface area contributed by atoms with Crippen LogP contribution in [-0.4, -0.2) is 23.0 Å². The minimum Gasteiger partial charge on any atom is -0.465 e. The van der Waals surface area contributed by atoms with Gasteiger partial charge in [-0.2, -0.15) is 0 Å². The molecule has 1 aliphatic rings. The zero-order valence-corrected chi connectivity index (χ0v) is 9.87. The van der Waals surface area contributed by atoms with Crippen LogP contribution in [0.4, 0.5) is 5.00 Å². The van der Waals surface area contributed by atoms with Crippen molar-refractivity contribution >= 4 is 33.1 Å².